The molecule has 0 aliphatic heterocycles. The van der Waals surface area contributed by atoms with E-state index in [0.717, 1.165) is 6.07 Å². The van der Waals surface area contributed by atoms with Crippen LogP contribution in [0.1, 0.15) is 17.3 Å². The summed E-state index contributed by atoms with van der Waals surface area (Å²) in [4.78, 5) is 10.6. The van der Waals surface area contributed by atoms with Gasteiger partial charge in [0.25, 0.3) is 9.05 Å². The lowest BCUT2D eigenvalue weighted by Gasteiger charge is -2.07. The fourth-order valence-corrected chi connectivity index (χ4v) is 1.89. The highest BCUT2D eigenvalue weighted by molar-refractivity contribution is 8.13. The molecular formula is C9H9ClO5S. The van der Waals surface area contributed by atoms with E-state index in [-0.39, 0.29) is 22.8 Å². The second-order valence-corrected chi connectivity index (χ2v) is 5.40. The standard InChI is InChI=1S/C9H9ClO5S/c1-2-15-8-4-3-6(16(10,13)14)5-7(8)9(11)12/h3-5H,2H2,1H3,(H,11,12). The van der Waals surface area contributed by atoms with E-state index in [1.54, 1.807) is 6.92 Å². The molecule has 0 spiro atoms. The lowest BCUT2D eigenvalue weighted by molar-refractivity contribution is 0.0692. The van der Waals surface area contributed by atoms with Gasteiger partial charge >= 0.3 is 5.97 Å². The minimum atomic E-state index is -3.94. The van der Waals surface area contributed by atoms with E-state index in [4.69, 9.17) is 20.5 Å². The number of rotatable bonds is 4. The van der Waals surface area contributed by atoms with Crippen molar-refractivity contribution in [1.82, 2.24) is 0 Å². The molecule has 0 saturated heterocycles. The van der Waals surface area contributed by atoms with Crippen LogP contribution >= 0.6 is 10.7 Å². The zero-order valence-corrected chi connectivity index (χ0v) is 9.88. The van der Waals surface area contributed by atoms with Gasteiger partial charge in [-0.2, -0.15) is 0 Å². The average molecular weight is 265 g/mol. The molecule has 1 aromatic carbocycles. The summed E-state index contributed by atoms with van der Waals surface area (Å²) >= 11 is 0. The molecular weight excluding hydrogens is 256 g/mol. The number of hydrogen-bond donors (Lipinski definition) is 1. The van der Waals surface area contributed by atoms with E-state index in [1.165, 1.54) is 12.1 Å². The first-order chi connectivity index (χ1) is 7.36. The normalized spacial score (nSPS) is 11.1. The van der Waals surface area contributed by atoms with Crippen LogP contribution in [0.15, 0.2) is 23.1 Å². The van der Waals surface area contributed by atoms with Crippen LogP contribution in [-0.4, -0.2) is 26.1 Å². The summed E-state index contributed by atoms with van der Waals surface area (Å²) in [6.07, 6.45) is 0. The van der Waals surface area contributed by atoms with Crippen molar-refractivity contribution in [1.29, 1.82) is 0 Å². The van der Waals surface area contributed by atoms with Crippen molar-refractivity contribution in [3.63, 3.8) is 0 Å². The fourth-order valence-electron chi connectivity index (χ4n) is 1.11. The summed E-state index contributed by atoms with van der Waals surface area (Å²) < 4.78 is 27.1. The van der Waals surface area contributed by atoms with Crippen molar-refractivity contribution >= 4 is 25.7 Å². The van der Waals surface area contributed by atoms with Crippen molar-refractivity contribution in [2.24, 2.45) is 0 Å². The number of ether oxygens (including phenoxy) is 1. The number of carbonyl (C=O) groups is 1. The molecule has 0 radical (unpaired) electrons. The molecule has 16 heavy (non-hydrogen) atoms. The third-order valence-corrected chi connectivity index (χ3v) is 3.11. The topological polar surface area (TPSA) is 80.7 Å². The Hall–Kier alpha value is -1.27. The minimum Gasteiger partial charge on any atom is -0.493 e. The highest BCUT2D eigenvalue weighted by atomic mass is 35.7. The van der Waals surface area contributed by atoms with Crippen LogP contribution in [0.4, 0.5) is 0 Å². The number of aromatic carboxylic acids is 1. The van der Waals surface area contributed by atoms with Crippen LogP contribution in [0.2, 0.25) is 0 Å². The fraction of sp³-hybridized carbons (Fsp3) is 0.222. The number of halogens is 1. The molecule has 0 saturated carbocycles. The lowest BCUT2D eigenvalue weighted by Crippen LogP contribution is -2.04. The maximum Gasteiger partial charge on any atom is 0.339 e. The molecule has 0 bridgehead atoms. The predicted molar refractivity (Wildman–Crippen MR) is 57.6 cm³/mol. The quantitative estimate of drug-likeness (QED) is 0.838. The number of carboxylic acid groups (broad SMARTS) is 1. The van der Waals surface area contributed by atoms with Gasteiger partial charge in [-0.25, -0.2) is 13.2 Å². The summed E-state index contributed by atoms with van der Waals surface area (Å²) in [5, 5.41) is 8.86. The van der Waals surface area contributed by atoms with E-state index in [2.05, 4.69) is 0 Å². The van der Waals surface area contributed by atoms with E-state index >= 15 is 0 Å². The van der Waals surface area contributed by atoms with Gasteiger partial charge in [-0.15, -0.1) is 0 Å². The van der Waals surface area contributed by atoms with Gasteiger partial charge < -0.3 is 9.84 Å². The Bertz CT molecular complexity index is 509. The van der Waals surface area contributed by atoms with E-state index < -0.39 is 15.0 Å². The van der Waals surface area contributed by atoms with Crippen LogP contribution in [-0.2, 0) is 9.05 Å². The van der Waals surface area contributed by atoms with Gasteiger partial charge in [0.15, 0.2) is 0 Å². The molecule has 5 nitrogen and oxygen atoms in total. The molecule has 0 unspecified atom stereocenters. The molecule has 0 amide bonds. The Balaban J connectivity index is 3.34. The molecule has 0 atom stereocenters. The summed E-state index contributed by atoms with van der Waals surface area (Å²) in [7, 11) is 1.17. The number of carboxylic acids is 1. The molecule has 88 valence electrons. The molecule has 7 heteroatoms. The Labute approximate surface area is 97.0 Å². The average Bonchev–Trinajstić information content (AvgIpc) is 2.16. The molecule has 0 aliphatic carbocycles. The van der Waals surface area contributed by atoms with Gasteiger partial charge in [0, 0.05) is 10.7 Å². The highest BCUT2D eigenvalue weighted by Crippen LogP contribution is 2.24. The van der Waals surface area contributed by atoms with Gasteiger partial charge in [0.2, 0.25) is 0 Å². The summed E-state index contributed by atoms with van der Waals surface area (Å²) in [6.45, 7) is 1.98. The van der Waals surface area contributed by atoms with Gasteiger partial charge in [-0.3, -0.25) is 0 Å². The van der Waals surface area contributed by atoms with Crippen LogP contribution in [0, 0.1) is 0 Å². The molecule has 1 rings (SSSR count). The number of benzene rings is 1. The lowest BCUT2D eigenvalue weighted by atomic mass is 10.2. The predicted octanol–water partition coefficient (Wildman–Crippen LogP) is 1.71. The summed E-state index contributed by atoms with van der Waals surface area (Å²) in [5.74, 6) is -1.16. The largest absolute Gasteiger partial charge is 0.493 e. The van der Waals surface area contributed by atoms with Gasteiger partial charge in [-0.1, -0.05) is 0 Å². The monoisotopic (exact) mass is 264 g/mol. The van der Waals surface area contributed by atoms with E-state index in [1.807, 2.05) is 0 Å². The van der Waals surface area contributed by atoms with Crippen LogP contribution in [0.3, 0.4) is 0 Å². The van der Waals surface area contributed by atoms with Gasteiger partial charge in [0.1, 0.15) is 11.3 Å². The van der Waals surface area contributed by atoms with E-state index in [0.29, 0.717) is 0 Å². The smallest absolute Gasteiger partial charge is 0.339 e. The minimum absolute atomic E-state index is 0.110. The second kappa shape index (κ2) is 4.71. The van der Waals surface area contributed by atoms with Crippen molar-refractivity contribution in [2.45, 2.75) is 11.8 Å². The van der Waals surface area contributed by atoms with E-state index in [9.17, 15) is 13.2 Å². The molecule has 0 heterocycles. The van der Waals surface area contributed by atoms with Crippen molar-refractivity contribution in [3.05, 3.63) is 23.8 Å². The first-order valence-electron chi connectivity index (χ1n) is 4.31. The van der Waals surface area contributed by atoms with Crippen LogP contribution in [0.5, 0.6) is 5.75 Å². The molecule has 0 aromatic heterocycles. The maximum atomic E-state index is 11.0. The first-order valence-corrected chi connectivity index (χ1v) is 6.62. The summed E-state index contributed by atoms with van der Waals surface area (Å²) in [6, 6.07) is 3.43. The Morgan fingerprint density at radius 1 is 1.50 bits per heavy atom. The molecule has 1 aromatic rings. The van der Waals surface area contributed by atoms with Crippen molar-refractivity contribution < 1.29 is 23.1 Å². The zero-order valence-electron chi connectivity index (χ0n) is 8.31. The summed E-state index contributed by atoms with van der Waals surface area (Å²) in [5.41, 5.74) is -0.233. The third kappa shape index (κ3) is 2.86. The maximum absolute atomic E-state index is 11.0. The Morgan fingerprint density at radius 3 is 2.56 bits per heavy atom. The number of hydrogen-bond acceptors (Lipinski definition) is 4. The van der Waals surface area contributed by atoms with Crippen LogP contribution < -0.4 is 4.74 Å². The molecule has 1 N–H and O–H groups in total. The Morgan fingerprint density at radius 2 is 2.12 bits per heavy atom. The van der Waals surface area contributed by atoms with Crippen LogP contribution in [0.25, 0.3) is 0 Å². The SMILES string of the molecule is CCOc1ccc(S(=O)(=O)Cl)cc1C(=O)O. The zero-order chi connectivity index (χ0) is 12.3. The van der Waals surface area contributed by atoms with Crippen molar-refractivity contribution in [2.75, 3.05) is 6.61 Å². The second-order valence-electron chi connectivity index (χ2n) is 2.83. The first kappa shape index (κ1) is 12.8. The van der Waals surface area contributed by atoms with Crippen molar-refractivity contribution in [3.8, 4) is 5.75 Å². The molecule has 0 aliphatic rings. The highest BCUT2D eigenvalue weighted by Gasteiger charge is 2.17. The Kier molecular flexibility index (Phi) is 3.77. The molecule has 0 fully saturated rings. The third-order valence-electron chi connectivity index (χ3n) is 1.76. The van der Waals surface area contributed by atoms with Gasteiger partial charge in [0.05, 0.1) is 11.5 Å². The van der Waals surface area contributed by atoms with Gasteiger partial charge in [-0.05, 0) is 25.1 Å².